The van der Waals surface area contributed by atoms with Gasteiger partial charge < -0.3 is 5.11 Å². The molecule has 0 spiro atoms. The average Bonchev–Trinajstić information content (AvgIpc) is 2.86. The molecule has 1 aliphatic rings. The van der Waals surface area contributed by atoms with Crippen molar-refractivity contribution in [2.24, 2.45) is 0 Å². The molecule has 0 aliphatic heterocycles. The van der Waals surface area contributed by atoms with E-state index in [-0.39, 0.29) is 6.04 Å². The third-order valence-electron chi connectivity index (χ3n) is 2.81. The zero-order valence-electron chi connectivity index (χ0n) is 8.50. The van der Waals surface area contributed by atoms with Crippen molar-refractivity contribution < 1.29 is 14.8 Å². The number of hydrogen-bond donors (Lipinski definition) is 1. The van der Waals surface area contributed by atoms with Gasteiger partial charge in [-0.05, 0) is 12.8 Å². The van der Waals surface area contributed by atoms with E-state index >= 15 is 0 Å². The third kappa shape index (κ3) is 1.75. The molecule has 1 saturated carbocycles. The molecule has 86 valence electrons. The zero-order valence-corrected chi connectivity index (χ0v) is 8.50. The Balaban J connectivity index is 2.37. The molecule has 1 aromatic rings. The van der Waals surface area contributed by atoms with Gasteiger partial charge in [-0.25, -0.2) is 4.79 Å². The molecule has 1 fully saturated rings. The molecule has 1 aromatic heterocycles. The number of nitro groups is 1. The highest BCUT2D eigenvalue weighted by Gasteiger charge is 2.28. The summed E-state index contributed by atoms with van der Waals surface area (Å²) >= 11 is 0. The second kappa shape index (κ2) is 3.92. The van der Waals surface area contributed by atoms with Crippen LogP contribution in [0.1, 0.15) is 42.2 Å². The maximum Gasteiger partial charge on any atom is 0.363 e. The lowest BCUT2D eigenvalue weighted by Crippen LogP contribution is -2.07. The highest BCUT2D eigenvalue weighted by Crippen LogP contribution is 2.30. The van der Waals surface area contributed by atoms with Crippen LogP contribution in [0, 0.1) is 10.1 Å². The molecule has 0 atom stereocenters. The fourth-order valence-electron chi connectivity index (χ4n) is 2.02. The summed E-state index contributed by atoms with van der Waals surface area (Å²) in [5.41, 5.74) is -0.906. The minimum absolute atomic E-state index is 0.104. The van der Waals surface area contributed by atoms with Crippen LogP contribution in [-0.4, -0.2) is 25.8 Å². The molecule has 0 unspecified atom stereocenters. The van der Waals surface area contributed by atoms with E-state index < -0.39 is 22.3 Å². The Morgan fingerprint density at radius 3 is 2.62 bits per heavy atom. The Morgan fingerprint density at radius 2 is 2.19 bits per heavy atom. The quantitative estimate of drug-likeness (QED) is 0.622. The van der Waals surface area contributed by atoms with Crippen LogP contribution in [0.3, 0.4) is 0 Å². The van der Waals surface area contributed by atoms with Gasteiger partial charge in [0.05, 0.1) is 11.0 Å². The first-order valence-corrected chi connectivity index (χ1v) is 5.06. The molecule has 7 nitrogen and oxygen atoms in total. The van der Waals surface area contributed by atoms with Gasteiger partial charge in [-0.2, -0.15) is 5.10 Å². The summed E-state index contributed by atoms with van der Waals surface area (Å²) in [5, 5.41) is 23.2. The van der Waals surface area contributed by atoms with Crippen LogP contribution in [-0.2, 0) is 0 Å². The van der Waals surface area contributed by atoms with Gasteiger partial charge in [0, 0.05) is 0 Å². The minimum Gasteiger partial charge on any atom is -0.476 e. The number of hydrogen-bond acceptors (Lipinski definition) is 4. The number of carboxylic acids is 1. The SMILES string of the molecule is O=C(O)c1nn(C2CCCC2)cc1[N+](=O)[O-]. The molecule has 7 heteroatoms. The summed E-state index contributed by atoms with van der Waals surface area (Å²) in [6, 6.07) is 0.104. The molecule has 1 N–H and O–H groups in total. The van der Waals surface area contributed by atoms with Gasteiger partial charge in [-0.15, -0.1) is 0 Å². The predicted molar refractivity (Wildman–Crippen MR) is 53.3 cm³/mol. The number of aromatic carboxylic acids is 1. The van der Waals surface area contributed by atoms with Crippen LogP contribution in [0.4, 0.5) is 5.69 Å². The van der Waals surface area contributed by atoms with Crippen LogP contribution >= 0.6 is 0 Å². The summed E-state index contributed by atoms with van der Waals surface area (Å²) in [7, 11) is 0. The summed E-state index contributed by atoms with van der Waals surface area (Å²) in [6.45, 7) is 0. The van der Waals surface area contributed by atoms with Crippen LogP contribution < -0.4 is 0 Å². The third-order valence-corrected chi connectivity index (χ3v) is 2.81. The van der Waals surface area contributed by atoms with Crippen LogP contribution in [0.2, 0.25) is 0 Å². The van der Waals surface area contributed by atoms with E-state index in [4.69, 9.17) is 5.11 Å². The van der Waals surface area contributed by atoms with Crippen molar-refractivity contribution in [3.63, 3.8) is 0 Å². The van der Waals surface area contributed by atoms with Crippen LogP contribution in [0.25, 0.3) is 0 Å². The molecular formula is C9H11N3O4. The van der Waals surface area contributed by atoms with Gasteiger partial charge in [-0.1, -0.05) is 12.8 Å². The molecule has 0 amide bonds. The van der Waals surface area contributed by atoms with E-state index in [1.165, 1.54) is 10.9 Å². The maximum atomic E-state index is 10.8. The number of carbonyl (C=O) groups is 1. The standard InChI is InChI=1S/C9H11N3O4/c13-9(14)8-7(12(15)16)5-11(10-8)6-3-1-2-4-6/h5-6H,1-4H2,(H,13,14). The zero-order chi connectivity index (χ0) is 11.7. The minimum atomic E-state index is -1.36. The molecule has 0 bridgehead atoms. The van der Waals surface area contributed by atoms with E-state index in [1.807, 2.05) is 0 Å². The maximum absolute atomic E-state index is 10.8. The van der Waals surface area contributed by atoms with Gasteiger partial charge in [0.25, 0.3) is 0 Å². The van der Waals surface area contributed by atoms with E-state index in [9.17, 15) is 14.9 Å². The molecule has 0 aromatic carbocycles. The Morgan fingerprint density at radius 1 is 1.56 bits per heavy atom. The van der Waals surface area contributed by atoms with Gasteiger partial charge in [0.15, 0.2) is 0 Å². The molecule has 1 aliphatic carbocycles. The summed E-state index contributed by atoms with van der Waals surface area (Å²) in [5.74, 6) is -1.36. The van der Waals surface area contributed by atoms with Crippen molar-refractivity contribution in [1.29, 1.82) is 0 Å². The van der Waals surface area contributed by atoms with E-state index in [0.29, 0.717) is 0 Å². The van der Waals surface area contributed by atoms with Crippen molar-refractivity contribution in [3.8, 4) is 0 Å². The second-order valence-electron chi connectivity index (χ2n) is 3.84. The molecule has 16 heavy (non-hydrogen) atoms. The van der Waals surface area contributed by atoms with Crippen LogP contribution in [0.5, 0.6) is 0 Å². The largest absolute Gasteiger partial charge is 0.476 e. The molecule has 0 saturated heterocycles. The first kappa shape index (κ1) is 10.6. The molecular weight excluding hydrogens is 214 g/mol. The smallest absolute Gasteiger partial charge is 0.363 e. The van der Waals surface area contributed by atoms with E-state index in [0.717, 1.165) is 25.7 Å². The predicted octanol–water partition coefficient (Wildman–Crippen LogP) is 1.60. The first-order valence-electron chi connectivity index (χ1n) is 5.06. The van der Waals surface area contributed by atoms with E-state index in [2.05, 4.69) is 5.10 Å². The summed E-state index contributed by atoms with van der Waals surface area (Å²) in [4.78, 5) is 20.7. The fraction of sp³-hybridized carbons (Fsp3) is 0.556. The van der Waals surface area contributed by atoms with Crippen molar-refractivity contribution in [1.82, 2.24) is 9.78 Å². The second-order valence-corrected chi connectivity index (χ2v) is 3.84. The number of rotatable bonds is 3. The average molecular weight is 225 g/mol. The van der Waals surface area contributed by atoms with Gasteiger partial charge in [0.2, 0.25) is 5.69 Å². The number of carboxylic acid groups (broad SMARTS) is 1. The number of nitrogens with zero attached hydrogens (tertiary/aromatic N) is 3. The highest BCUT2D eigenvalue weighted by molar-refractivity contribution is 5.89. The van der Waals surface area contributed by atoms with Crippen molar-refractivity contribution in [3.05, 3.63) is 22.0 Å². The Hall–Kier alpha value is -1.92. The monoisotopic (exact) mass is 225 g/mol. The summed E-state index contributed by atoms with van der Waals surface area (Å²) in [6.07, 6.45) is 5.14. The highest BCUT2D eigenvalue weighted by atomic mass is 16.6. The Labute approximate surface area is 90.8 Å². The lowest BCUT2D eigenvalue weighted by atomic mass is 10.3. The van der Waals surface area contributed by atoms with Crippen molar-refractivity contribution in [2.45, 2.75) is 31.7 Å². The van der Waals surface area contributed by atoms with Gasteiger partial charge >= 0.3 is 11.7 Å². The van der Waals surface area contributed by atoms with Gasteiger partial charge in [0.1, 0.15) is 6.20 Å². The lowest BCUT2D eigenvalue weighted by molar-refractivity contribution is -0.385. The number of aromatic nitrogens is 2. The topological polar surface area (TPSA) is 98.3 Å². The normalized spacial score (nSPS) is 16.5. The fourth-order valence-corrected chi connectivity index (χ4v) is 2.02. The lowest BCUT2D eigenvalue weighted by Gasteiger charge is -2.07. The van der Waals surface area contributed by atoms with Crippen LogP contribution in [0.15, 0.2) is 6.20 Å². The Kier molecular flexibility index (Phi) is 2.59. The first-order chi connectivity index (χ1) is 7.59. The van der Waals surface area contributed by atoms with Crippen molar-refractivity contribution in [2.75, 3.05) is 0 Å². The molecule has 2 rings (SSSR count). The van der Waals surface area contributed by atoms with Crippen molar-refractivity contribution >= 4 is 11.7 Å². The summed E-state index contributed by atoms with van der Waals surface area (Å²) < 4.78 is 1.43. The Bertz CT molecular complexity index is 402. The molecule has 0 radical (unpaired) electrons. The van der Waals surface area contributed by atoms with E-state index in [1.54, 1.807) is 0 Å². The van der Waals surface area contributed by atoms with Gasteiger partial charge in [-0.3, -0.25) is 14.8 Å². The molecule has 1 heterocycles.